The van der Waals surface area contributed by atoms with Crippen molar-refractivity contribution in [1.29, 1.82) is 5.26 Å². The molecule has 0 amide bonds. The summed E-state index contributed by atoms with van der Waals surface area (Å²) < 4.78 is 0. The summed E-state index contributed by atoms with van der Waals surface area (Å²) >= 11 is 0. The summed E-state index contributed by atoms with van der Waals surface area (Å²) in [6.45, 7) is 2.13. The summed E-state index contributed by atoms with van der Waals surface area (Å²) in [6, 6.07) is 9.35. The highest BCUT2D eigenvalue weighted by molar-refractivity contribution is 5.47. The minimum Gasteiger partial charge on any atom is -0.394 e. The van der Waals surface area contributed by atoms with Crippen molar-refractivity contribution in [2.75, 3.05) is 11.9 Å². The Kier molecular flexibility index (Phi) is 3.96. The summed E-state index contributed by atoms with van der Waals surface area (Å²) in [5.74, 6) is 0. The Morgan fingerprint density at radius 2 is 2.07 bits per heavy atom. The number of hydrogen-bond donors (Lipinski definition) is 2. The summed E-state index contributed by atoms with van der Waals surface area (Å²) in [5.41, 5.74) is 1.58. The van der Waals surface area contributed by atoms with Crippen molar-refractivity contribution >= 4 is 5.69 Å². The molecule has 1 aromatic carbocycles. The number of rotatable bonds is 4. The van der Waals surface area contributed by atoms with E-state index in [4.69, 9.17) is 10.4 Å². The van der Waals surface area contributed by atoms with Crippen molar-refractivity contribution < 1.29 is 5.11 Å². The molecule has 0 saturated carbocycles. The van der Waals surface area contributed by atoms with Crippen LogP contribution in [0.4, 0.5) is 5.69 Å². The van der Waals surface area contributed by atoms with Gasteiger partial charge >= 0.3 is 0 Å². The van der Waals surface area contributed by atoms with Gasteiger partial charge in [0.05, 0.1) is 18.2 Å². The van der Waals surface area contributed by atoms with E-state index in [1.54, 1.807) is 12.1 Å². The fourth-order valence-corrected chi connectivity index (χ4v) is 1.15. The van der Waals surface area contributed by atoms with Crippen LogP contribution in [0, 0.1) is 11.3 Å². The quantitative estimate of drug-likeness (QED) is 0.760. The monoisotopic (exact) mass is 190 g/mol. The van der Waals surface area contributed by atoms with E-state index in [9.17, 15) is 0 Å². The number of hydrogen-bond acceptors (Lipinski definition) is 3. The van der Waals surface area contributed by atoms with Gasteiger partial charge in [-0.15, -0.1) is 0 Å². The third kappa shape index (κ3) is 2.75. The van der Waals surface area contributed by atoms with Crippen LogP contribution in [0.2, 0.25) is 0 Å². The van der Waals surface area contributed by atoms with Crippen LogP contribution in [0.25, 0.3) is 0 Å². The zero-order chi connectivity index (χ0) is 10.4. The van der Waals surface area contributed by atoms with Crippen molar-refractivity contribution in [2.24, 2.45) is 0 Å². The molecule has 0 aliphatic carbocycles. The first-order valence-electron chi connectivity index (χ1n) is 4.67. The van der Waals surface area contributed by atoms with Gasteiger partial charge in [-0.25, -0.2) is 0 Å². The predicted octanol–water partition coefficient (Wildman–Crippen LogP) is 1.74. The van der Waals surface area contributed by atoms with Crippen LogP contribution in [0.15, 0.2) is 24.3 Å². The van der Waals surface area contributed by atoms with Gasteiger partial charge in [-0.1, -0.05) is 6.92 Å². The molecule has 0 fully saturated rings. The molecule has 3 heteroatoms. The standard InChI is InChI=1S/C11H14N2O/c1-2-10(8-14)13-11-5-3-9(7-12)4-6-11/h3-6,10,13-14H,2,8H2,1H3/t10-/m0/s1. The summed E-state index contributed by atoms with van der Waals surface area (Å²) in [7, 11) is 0. The van der Waals surface area contributed by atoms with Crippen LogP contribution in [-0.2, 0) is 0 Å². The first-order chi connectivity index (χ1) is 6.80. The normalized spacial score (nSPS) is 11.8. The van der Waals surface area contributed by atoms with E-state index in [-0.39, 0.29) is 12.6 Å². The molecule has 3 nitrogen and oxygen atoms in total. The number of nitrogens with zero attached hydrogens (tertiary/aromatic N) is 1. The Hall–Kier alpha value is -1.53. The lowest BCUT2D eigenvalue weighted by molar-refractivity contribution is 0.272. The van der Waals surface area contributed by atoms with Crippen LogP contribution in [-0.4, -0.2) is 17.8 Å². The van der Waals surface area contributed by atoms with Gasteiger partial charge in [-0.2, -0.15) is 5.26 Å². The molecule has 1 aromatic rings. The molecule has 0 heterocycles. The smallest absolute Gasteiger partial charge is 0.0991 e. The zero-order valence-corrected chi connectivity index (χ0v) is 8.20. The lowest BCUT2D eigenvalue weighted by atomic mass is 10.2. The van der Waals surface area contributed by atoms with Gasteiger partial charge in [0, 0.05) is 11.7 Å². The minimum atomic E-state index is 0.0861. The van der Waals surface area contributed by atoms with E-state index in [2.05, 4.69) is 11.4 Å². The predicted molar refractivity (Wildman–Crippen MR) is 55.9 cm³/mol. The highest BCUT2D eigenvalue weighted by Crippen LogP contribution is 2.10. The van der Waals surface area contributed by atoms with Gasteiger partial charge in [0.25, 0.3) is 0 Å². The SMILES string of the molecule is CC[C@@H](CO)Nc1ccc(C#N)cc1. The minimum absolute atomic E-state index is 0.0861. The molecule has 2 N–H and O–H groups in total. The highest BCUT2D eigenvalue weighted by atomic mass is 16.3. The Morgan fingerprint density at radius 1 is 1.43 bits per heavy atom. The van der Waals surface area contributed by atoms with Gasteiger partial charge < -0.3 is 10.4 Å². The molecule has 0 saturated heterocycles. The average Bonchev–Trinajstić information content (AvgIpc) is 2.26. The number of anilines is 1. The lowest BCUT2D eigenvalue weighted by Gasteiger charge is -2.15. The molecular formula is C11H14N2O. The number of aliphatic hydroxyl groups excluding tert-OH is 1. The number of benzene rings is 1. The van der Waals surface area contributed by atoms with Crippen molar-refractivity contribution in [3.8, 4) is 6.07 Å². The number of nitrogens with one attached hydrogen (secondary N) is 1. The molecule has 0 unspecified atom stereocenters. The van der Waals surface area contributed by atoms with Crippen molar-refractivity contribution in [1.82, 2.24) is 0 Å². The molecule has 1 atom stereocenters. The Bertz CT molecular complexity index is 309. The second-order valence-corrected chi connectivity index (χ2v) is 3.12. The fourth-order valence-electron chi connectivity index (χ4n) is 1.15. The van der Waals surface area contributed by atoms with Crippen LogP contribution in [0.5, 0.6) is 0 Å². The second kappa shape index (κ2) is 5.25. The van der Waals surface area contributed by atoms with E-state index in [0.717, 1.165) is 12.1 Å². The zero-order valence-electron chi connectivity index (χ0n) is 8.20. The Labute approximate surface area is 84.0 Å². The summed E-state index contributed by atoms with van der Waals surface area (Å²) in [6.07, 6.45) is 0.872. The van der Waals surface area contributed by atoms with E-state index in [1.807, 2.05) is 19.1 Å². The van der Waals surface area contributed by atoms with Gasteiger partial charge in [-0.05, 0) is 30.7 Å². The molecule has 74 valence electrons. The van der Waals surface area contributed by atoms with Crippen molar-refractivity contribution in [3.63, 3.8) is 0 Å². The Morgan fingerprint density at radius 3 is 2.50 bits per heavy atom. The average molecular weight is 190 g/mol. The first kappa shape index (κ1) is 10.6. The molecule has 14 heavy (non-hydrogen) atoms. The molecule has 0 spiro atoms. The molecular weight excluding hydrogens is 176 g/mol. The highest BCUT2D eigenvalue weighted by Gasteiger charge is 2.03. The van der Waals surface area contributed by atoms with Crippen molar-refractivity contribution in [3.05, 3.63) is 29.8 Å². The summed E-state index contributed by atoms with van der Waals surface area (Å²) in [5, 5.41) is 20.7. The van der Waals surface area contributed by atoms with Crippen LogP contribution in [0.3, 0.4) is 0 Å². The van der Waals surface area contributed by atoms with Crippen LogP contribution < -0.4 is 5.32 Å². The second-order valence-electron chi connectivity index (χ2n) is 3.12. The van der Waals surface area contributed by atoms with E-state index in [1.165, 1.54) is 0 Å². The molecule has 0 aliphatic heterocycles. The Balaban J connectivity index is 2.64. The van der Waals surface area contributed by atoms with Gasteiger partial charge in [-0.3, -0.25) is 0 Å². The largest absolute Gasteiger partial charge is 0.394 e. The maximum Gasteiger partial charge on any atom is 0.0991 e. The van der Waals surface area contributed by atoms with Crippen LogP contribution in [0.1, 0.15) is 18.9 Å². The maximum atomic E-state index is 8.97. The molecule has 0 aromatic heterocycles. The third-order valence-corrected chi connectivity index (χ3v) is 2.10. The van der Waals surface area contributed by atoms with Crippen LogP contribution >= 0.6 is 0 Å². The maximum absolute atomic E-state index is 8.97. The summed E-state index contributed by atoms with van der Waals surface area (Å²) in [4.78, 5) is 0. The molecule has 0 radical (unpaired) electrons. The lowest BCUT2D eigenvalue weighted by Crippen LogP contribution is -2.22. The third-order valence-electron chi connectivity index (χ3n) is 2.10. The van der Waals surface area contributed by atoms with Gasteiger partial charge in [0.15, 0.2) is 0 Å². The topological polar surface area (TPSA) is 56.0 Å². The van der Waals surface area contributed by atoms with E-state index in [0.29, 0.717) is 5.56 Å². The fraction of sp³-hybridized carbons (Fsp3) is 0.364. The van der Waals surface area contributed by atoms with E-state index < -0.39 is 0 Å². The number of aliphatic hydroxyl groups is 1. The van der Waals surface area contributed by atoms with Gasteiger partial charge in [0.1, 0.15) is 0 Å². The molecule has 0 aliphatic rings. The first-order valence-corrected chi connectivity index (χ1v) is 4.67. The van der Waals surface area contributed by atoms with Crippen molar-refractivity contribution in [2.45, 2.75) is 19.4 Å². The molecule has 1 rings (SSSR count). The van der Waals surface area contributed by atoms with E-state index >= 15 is 0 Å². The van der Waals surface area contributed by atoms with Gasteiger partial charge in [0.2, 0.25) is 0 Å². The number of nitriles is 1. The molecule has 0 bridgehead atoms.